The number of hydrogen-bond donors (Lipinski definition) is 0. The Morgan fingerprint density at radius 2 is 0.527 bits per heavy atom. The van der Waals surface area contributed by atoms with Gasteiger partial charge in [-0.25, -0.2) is 15.0 Å². The van der Waals surface area contributed by atoms with Crippen LogP contribution in [0.5, 0.6) is 0 Å². The molecule has 0 amide bonds. The van der Waals surface area contributed by atoms with Gasteiger partial charge in [0.1, 0.15) is 18.0 Å². The summed E-state index contributed by atoms with van der Waals surface area (Å²) < 4.78 is 16.9. The van der Waals surface area contributed by atoms with E-state index in [1.165, 1.54) is 222 Å². The van der Waals surface area contributed by atoms with Crippen LogP contribution >= 0.6 is 35.3 Å². The van der Waals surface area contributed by atoms with Crippen molar-refractivity contribution in [1.82, 2.24) is 46.9 Å². The zero-order valence-corrected chi connectivity index (χ0v) is 80.9. The maximum atomic E-state index is 5.36. The van der Waals surface area contributed by atoms with Gasteiger partial charge in [-0.05, 0) is 197 Å². The van der Waals surface area contributed by atoms with Gasteiger partial charge in [0.05, 0.1) is 77.2 Å². The van der Waals surface area contributed by atoms with Crippen LogP contribution < -0.4 is 54.1 Å². The zero-order chi connectivity index (χ0) is 95.2. The molecule has 0 N–H and O–H groups in total. The number of fused-ring (bicyclic) bond motifs is 24. The molecule has 0 atom stereocenters. The molecule has 13 heterocycles. The largest absolute Gasteiger partial charge is 0.310 e. The van der Waals surface area contributed by atoms with Gasteiger partial charge in [0.2, 0.25) is 20.1 Å². The van der Waals surface area contributed by atoms with E-state index in [2.05, 4.69) is 504 Å². The molecule has 0 fully saturated rings. The summed E-state index contributed by atoms with van der Waals surface area (Å²) in [4.78, 5) is 25.6. The standard InChI is InChI=1S/C49H31BN4S.C43H25BN4S.C37H22BN3S/c1-4-15-32(16-5-1)49-51-41-24-14-23-40-48(41)54(49)44-29-36(52(33-17-6-2-7-18-33)34-19-8-3-9-20-34)31-46-47(44)50(40)39-28-27-35(30-45(39)55-46)53-42-25-12-10-21-37(42)38-22-11-13-26-43(38)53;1-5-16-35-28(10-1)29-11-2-6-17-36(29)47(35)26-20-21-32-40(23-26)49-41-24-27(48-37-18-7-3-12-30(37)31-13-4-8-19-38(31)48)22-39-42(41)44(32)33-14-9-15-34-43(33)46(39)25-45-34;1-2-10-23(11-3-1)37-39-29-15-8-14-28-36(29)41(37)32-18-9-19-33-35(32)38(28)27-21-20-24(22-34(27)42-33)40-30-16-6-4-12-25(30)26-13-5-7-17-31(26)40/h1-31H;1-25H;1-22H. The lowest BCUT2D eigenvalue weighted by molar-refractivity contribution is 1.07. The van der Waals surface area contributed by atoms with Crippen molar-refractivity contribution in [3.63, 3.8) is 0 Å². The Kier molecular flexibility index (Phi) is 17.9. The SMILES string of the molecule is c1cc2c3c(c1)ncn3-c1cc(-n3c4ccccc4c4ccccc43)cc3c1B2c1ccc(-n2c4ccccc4c4ccccc42)cc1S3.c1ccc(-c2nc3cccc4c3n2-c2cc(N(c3ccccc3)c3ccccc3)cc3c2B4c2ccc(-n4c5ccccc5c5ccccc54)cc2S3)cc1.c1ccc(-c2nc3cccc4c3n2-c2cccc3c2B4c2ccc(-n4c5ccccc5c5ccccc54)cc2S3)cc1. The Balaban J connectivity index is 0.0000000984. The summed E-state index contributed by atoms with van der Waals surface area (Å²) in [5.41, 5.74) is 42.5. The quantitative estimate of drug-likeness (QED) is 0.133. The molecule has 0 saturated heterocycles. The van der Waals surface area contributed by atoms with E-state index in [-0.39, 0.29) is 20.1 Å². The van der Waals surface area contributed by atoms with Crippen LogP contribution in [0.1, 0.15) is 0 Å². The first-order chi connectivity index (χ1) is 72.5. The smallest absolute Gasteiger partial charge is 0.249 e. The van der Waals surface area contributed by atoms with E-state index < -0.39 is 0 Å². The molecule has 0 aliphatic carbocycles. The van der Waals surface area contributed by atoms with Crippen LogP contribution in [0.15, 0.2) is 503 Å². The number of aromatic nitrogens is 10. The van der Waals surface area contributed by atoms with Crippen molar-refractivity contribution in [3.8, 4) is 62.6 Å². The first kappa shape index (κ1) is 81.9. The third kappa shape index (κ3) is 12.0. The van der Waals surface area contributed by atoms with Crippen molar-refractivity contribution >= 4 is 242 Å². The second-order valence-corrected chi connectivity index (χ2v) is 42.0. The highest BCUT2D eigenvalue weighted by Gasteiger charge is 2.45. The molecule has 0 spiro atoms. The van der Waals surface area contributed by atoms with Gasteiger partial charge < -0.3 is 23.2 Å². The van der Waals surface area contributed by atoms with E-state index >= 15 is 0 Å². The van der Waals surface area contributed by atoms with E-state index in [0.717, 1.165) is 56.4 Å². The average molecular weight is 1910 g/mol. The summed E-state index contributed by atoms with van der Waals surface area (Å²) >= 11 is 5.68. The lowest BCUT2D eigenvalue weighted by atomic mass is 9.35. The maximum absolute atomic E-state index is 5.36. The minimum atomic E-state index is 0.0564. The van der Waals surface area contributed by atoms with Crippen molar-refractivity contribution < 1.29 is 0 Å². The van der Waals surface area contributed by atoms with Gasteiger partial charge in [-0.3, -0.25) is 13.7 Å². The molecular formula is C129H78B3N11S3. The Morgan fingerprint density at radius 3 is 0.938 bits per heavy atom. The average Bonchev–Trinajstić information content (AvgIpc) is 1.42. The second-order valence-electron chi connectivity index (χ2n) is 38.7. The molecule has 0 bridgehead atoms. The molecule has 28 aromatic rings. The van der Waals surface area contributed by atoms with Crippen LogP contribution in [-0.4, -0.2) is 67.1 Å². The van der Waals surface area contributed by atoms with Crippen LogP contribution in [-0.2, 0) is 0 Å². The van der Waals surface area contributed by atoms with E-state index in [4.69, 9.17) is 15.0 Å². The van der Waals surface area contributed by atoms with Gasteiger partial charge in [0.25, 0.3) is 0 Å². The Labute approximate surface area is 852 Å². The van der Waals surface area contributed by atoms with Gasteiger partial charge in [0, 0.05) is 140 Å². The summed E-state index contributed by atoms with van der Waals surface area (Å²) in [7, 11) is 0. The third-order valence-electron chi connectivity index (χ3n) is 31.1. The topological polar surface area (TPSA) is 76.4 Å². The fraction of sp³-hybridized carbons (Fsp3) is 0. The third-order valence-corrected chi connectivity index (χ3v) is 34.5. The van der Waals surface area contributed by atoms with Crippen LogP contribution in [0.4, 0.5) is 17.1 Å². The lowest BCUT2D eigenvalue weighted by Crippen LogP contribution is -2.58. The highest BCUT2D eigenvalue weighted by atomic mass is 32.2. The first-order valence-corrected chi connectivity index (χ1v) is 52.3. The Hall–Kier alpha value is -17.7. The molecule has 146 heavy (non-hydrogen) atoms. The molecule has 676 valence electrons. The Morgan fingerprint density at radius 1 is 0.205 bits per heavy atom. The minimum Gasteiger partial charge on any atom is -0.310 e. The fourth-order valence-corrected chi connectivity index (χ4v) is 28.8. The molecule has 7 aromatic heterocycles. The number of benzene rings is 21. The molecule has 6 aliphatic heterocycles. The van der Waals surface area contributed by atoms with E-state index in [0.29, 0.717) is 0 Å². The van der Waals surface area contributed by atoms with Gasteiger partial charge in [-0.2, -0.15) is 0 Å². The van der Waals surface area contributed by atoms with Crippen LogP contribution in [0, 0.1) is 0 Å². The van der Waals surface area contributed by atoms with E-state index in [1.54, 1.807) is 0 Å². The van der Waals surface area contributed by atoms with Gasteiger partial charge in [-0.1, -0.05) is 355 Å². The molecule has 17 heteroatoms. The number of para-hydroxylation sites is 13. The number of hydrogen-bond acceptors (Lipinski definition) is 7. The monoisotopic (exact) mass is 1910 g/mol. The van der Waals surface area contributed by atoms with Crippen LogP contribution in [0.25, 0.3) is 183 Å². The van der Waals surface area contributed by atoms with Crippen molar-refractivity contribution in [1.29, 1.82) is 0 Å². The number of rotatable bonds is 9. The Bertz CT molecular complexity index is 10200. The van der Waals surface area contributed by atoms with Crippen LogP contribution in [0.3, 0.4) is 0 Å². The van der Waals surface area contributed by atoms with Gasteiger partial charge in [-0.15, -0.1) is 0 Å². The maximum Gasteiger partial charge on any atom is 0.249 e. The molecule has 0 radical (unpaired) electrons. The highest BCUT2D eigenvalue weighted by Crippen LogP contribution is 2.49. The number of anilines is 3. The molecule has 34 rings (SSSR count). The number of imidazole rings is 3. The summed E-state index contributed by atoms with van der Waals surface area (Å²) in [6.07, 6.45) is 2.02. The molecule has 21 aromatic carbocycles. The molecule has 11 nitrogen and oxygen atoms in total. The first-order valence-electron chi connectivity index (χ1n) is 49.9. The van der Waals surface area contributed by atoms with Crippen LogP contribution in [0.2, 0.25) is 0 Å². The second kappa shape index (κ2) is 31.9. The number of nitrogens with zero attached hydrogens (tertiary/aromatic N) is 11. The van der Waals surface area contributed by atoms with Crippen molar-refractivity contribution in [3.05, 3.63) is 473 Å². The van der Waals surface area contributed by atoms with Gasteiger partial charge >= 0.3 is 0 Å². The summed E-state index contributed by atoms with van der Waals surface area (Å²) in [6, 6.07) is 170. The lowest BCUT2D eigenvalue weighted by Gasteiger charge is -2.35. The molecule has 0 unspecified atom stereocenters. The predicted molar refractivity (Wildman–Crippen MR) is 612 cm³/mol. The summed E-state index contributed by atoms with van der Waals surface area (Å²) in [5.74, 6) is 1.96. The highest BCUT2D eigenvalue weighted by molar-refractivity contribution is 8.00. The molecular weight excluding hydrogens is 1830 g/mol. The van der Waals surface area contributed by atoms with E-state index in [1.807, 2.05) is 41.6 Å². The predicted octanol–water partition coefficient (Wildman–Crippen LogP) is 26.2. The summed E-state index contributed by atoms with van der Waals surface area (Å²) in [6.45, 7) is 0.339. The van der Waals surface area contributed by atoms with Crippen molar-refractivity contribution in [2.75, 3.05) is 4.90 Å². The molecule has 6 aliphatic rings. The summed E-state index contributed by atoms with van der Waals surface area (Å²) in [5, 5.41) is 10.2. The normalized spacial score (nSPS) is 12.9. The fourth-order valence-electron chi connectivity index (χ4n) is 25.2. The minimum absolute atomic E-state index is 0.0564. The van der Waals surface area contributed by atoms with Crippen molar-refractivity contribution in [2.24, 2.45) is 0 Å². The van der Waals surface area contributed by atoms with Crippen molar-refractivity contribution in [2.45, 2.75) is 29.4 Å². The zero-order valence-electron chi connectivity index (χ0n) is 78.4. The molecule has 0 saturated carbocycles. The van der Waals surface area contributed by atoms with E-state index in [9.17, 15) is 0 Å². The van der Waals surface area contributed by atoms with Gasteiger partial charge in [0.15, 0.2) is 0 Å².